The largest absolute Gasteiger partial charge is 0.339 e. The minimum atomic E-state index is -1.80. The van der Waals surface area contributed by atoms with E-state index in [4.69, 9.17) is 47.0 Å². The second-order valence-corrected chi connectivity index (χ2v) is 9.34. The van der Waals surface area contributed by atoms with Crippen LogP contribution < -0.4 is 21.3 Å². The molecule has 1 atom stereocenters. The summed E-state index contributed by atoms with van der Waals surface area (Å²) in [6.45, 7) is 3.56. The smallest absolute Gasteiger partial charge is 0.228 e. The maximum Gasteiger partial charge on any atom is 0.228 e. The van der Waals surface area contributed by atoms with Crippen LogP contribution in [0.25, 0.3) is 0 Å². The summed E-state index contributed by atoms with van der Waals surface area (Å²) in [5.74, 6) is -0.405. The van der Waals surface area contributed by atoms with E-state index in [1.165, 1.54) is 6.92 Å². The molecule has 1 aromatic rings. The Morgan fingerprint density at radius 2 is 1.66 bits per heavy atom. The van der Waals surface area contributed by atoms with E-state index < -0.39 is 9.96 Å². The average molecular weight is 482 g/mol. The molecule has 0 aliphatic carbocycles. The van der Waals surface area contributed by atoms with E-state index in [-0.39, 0.29) is 16.9 Å². The van der Waals surface area contributed by atoms with Crippen molar-refractivity contribution in [1.82, 2.24) is 10.6 Å². The molecule has 4 N–H and O–H groups in total. The van der Waals surface area contributed by atoms with Crippen LogP contribution in [0.2, 0.25) is 0 Å². The third kappa shape index (κ3) is 11.5. The summed E-state index contributed by atoms with van der Waals surface area (Å²) in [5.41, 5.74) is 1.23. The van der Waals surface area contributed by atoms with Gasteiger partial charge in [0.25, 0.3) is 0 Å². The first-order chi connectivity index (χ1) is 13.6. The maximum absolute atomic E-state index is 12.2. The van der Waals surface area contributed by atoms with E-state index >= 15 is 0 Å². The summed E-state index contributed by atoms with van der Waals surface area (Å²) >= 11 is 23.2. The number of alkyl halides is 3. The number of rotatable bonds is 10. The Labute approximate surface area is 192 Å². The van der Waals surface area contributed by atoms with E-state index in [2.05, 4.69) is 28.2 Å². The van der Waals surface area contributed by atoms with Crippen molar-refractivity contribution in [3.05, 3.63) is 24.3 Å². The van der Waals surface area contributed by atoms with Crippen molar-refractivity contribution >= 4 is 75.3 Å². The van der Waals surface area contributed by atoms with Crippen molar-refractivity contribution in [2.75, 3.05) is 10.6 Å². The first kappa shape index (κ1) is 25.8. The number of nitrogens with one attached hydrogen (secondary N) is 4. The molecule has 1 aromatic carbocycles. The van der Waals surface area contributed by atoms with Gasteiger partial charge in [0.05, 0.1) is 0 Å². The number of hydrogen-bond acceptors (Lipinski definition) is 3. The lowest BCUT2D eigenvalue weighted by molar-refractivity contribution is -0.122. The summed E-state index contributed by atoms with van der Waals surface area (Å²) < 4.78 is -1.80. The Bertz CT molecular complexity index is 698. The second kappa shape index (κ2) is 13.1. The number of amides is 2. The average Bonchev–Trinajstić information content (AvgIpc) is 2.60. The van der Waals surface area contributed by atoms with Crippen LogP contribution >= 0.6 is 47.0 Å². The lowest BCUT2D eigenvalue weighted by Gasteiger charge is -2.28. The predicted molar refractivity (Wildman–Crippen MR) is 126 cm³/mol. The lowest BCUT2D eigenvalue weighted by atomic mass is 10.1. The SMILES string of the molecule is CCCCCCCC(=O)NC(NC(=S)Nc1cccc(NC(C)=O)c1)C(Cl)(Cl)Cl. The van der Waals surface area contributed by atoms with Gasteiger partial charge in [0, 0.05) is 24.7 Å². The molecule has 6 nitrogen and oxygen atoms in total. The number of thiocarbonyl (C=S) groups is 1. The van der Waals surface area contributed by atoms with Crippen molar-refractivity contribution < 1.29 is 9.59 Å². The normalized spacial score (nSPS) is 12.0. The van der Waals surface area contributed by atoms with E-state index in [1.54, 1.807) is 24.3 Å². The molecule has 0 heterocycles. The van der Waals surface area contributed by atoms with Gasteiger partial charge in [-0.3, -0.25) is 9.59 Å². The molecule has 0 radical (unpaired) electrons. The minimum absolute atomic E-state index is 0.157. The topological polar surface area (TPSA) is 82.3 Å². The molecule has 0 saturated carbocycles. The Kier molecular flexibility index (Phi) is 11.6. The van der Waals surface area contributed by atoms with Crippen LogP contribution in [0.5, 0.6) is 0 Å². The third-order valence-corrected chi connectivity index (χ3v) is 4.73. The fourth-order valence-electron chi connectivity index (χ4n) is 2.50. The van der Waals surface area contributed by atoms with Crippen LogP contribution in [0.3, 0.4) is 0 Å². The highest BCUT2D eigenvalue weighted by atomic mass is 35.6. The number of carbonyl (C=O) groups excluding carboxylic acids is 2. The molecule has 2 amide bonds. The standard InChI is InChI=1S/C19H27Cl3N4O2S/c1-3-4-5-6-7-11-16(28)25-17(19(20,21)22)26-18(29)24-15-10-8-9-14(12-15)23-13(2)27/h8-10,12,17H,3-7,11H2,1-2H3,(H,23,27)(H,25,28)(H2,24,26,29). The number of anilines is 2. The van der Waals surface area contributed by atoms with Crippen molar-refractivity contribution in [3.8, 4) is 0 Å². The Hall–Kier alpha value is -1.28. The lowest BCUT2D eigenvalue weighted by Crippen LogP contribution is -2.56. The summed E-state index contributed by atoms with van der Waals surface area (Å²) in [7, 11) is 0. The van der Waals surface area contributed by atoms with Crippen LogP contribution in [-0.4, -0.2) is 26.9 Å². The van der Waals surface area contributed by atoms with E-state index in [1.807, 2.05) is 0 Å². The quantitative estimate of drug-likeness (QED) is 0.162. The van der Waals surface area contributed by atoms with Crippen LogP contribution in [0.1, 0.15) is 52.4 Å². The van der Waals surface area contributed by atoms with Gasteiger partial charge >= 0.3 is 0 Å². The third-order valence-electron chi connectivity index (χ3n) is 3.86. The van der Waals surface area contributed by atoms with Crippen LogP contribution in [0.15, 0.2) is 24.3 Å². The molecule has 0 spiro atoms. The van der Waals surface area contributed by atoms with Crippen molar-refractivity contribution in [2.45, 2.75) is 62.3 Å². The van der Waals surface area contributed by atoms with Gasteiger partial charge in [-0.25, -0.2) is 0 Å². The molecule has 162 valence electrons. The summed E-state index contributed by atoms with van der Waals surface area (Å²) in [6, 6.07) is 6.96. The van der Waals surface area contributed by atoms with Gasteiger partial charge in [-0.15, -0.1) is 0 Å². The van der Waals surface area contributed by atoms with Gasteiger partial charge in [-0.2, -0.15) is 0 Å². The van der Waals surface area contributed by atoms with E-state index in [0.29, 0.717) is 17.8 Å². The maximum atomic E-state index is 12.2. The number of carbonyl (C=O) groups is 2. The molecule has 29 heavy (non-hydrogen) atoms. The van der Waals surface area contributed by atoms with Gasteiger partial charge in [0.1, 0.15) is 6.17 Å². The second-order valence-electron chi connectivity index (χ2n) is 6.57. The molecule has 0 aliphatic rings. The first-order valence-corrected chi connectivity index (χ1v) is 11.0. The van der Waals surface area contributed by atoms with Gasteiger partial charge in [0.2, 0.25) is 15.6 Å². The van der Waals surface area contributed by atoms with Crippen LogP contribution in [-0.2, 0) is 9.59 Å². The number of halogens is 3. The van der Waals surface area contributed by atoms with Crippen LogP contribution in [0, 0.1) is 0 Å². The molecule has 0 aromatic heterocycles. The summed E-state index contributed by atoms with van der Waals surface area (Å²) in [5, 5.41) is 11.3. The van der Waals surface area contributed by atoms with Gasteiger partial charge < -0.3 is 21.3 Å². The summed E-state index contributed by atoms with van der Waals surface area (Å²) in [6.07, 6.45) is 4.50. The molecule has 0 aliphatic heterocycles. The first-order valence-electron chi connectivity index (χ1n) is 9.43. The van der Waals surface area contributed by atoms with Gasteiger partial charge in [-0.05, 0) is 36.8 Å². The zero-order valence-electron chi connectivity index (χ0n) is 16.5. The van der Waals surface area contributed by atoms with Gasteiger partial charge in [-0.1, -0.05) is 73.5 Å². The molecular formula is C19H27Cl3N4O2S. The number of benzene rings is 1. The number of unbranched alkanes of at least 4 members (excludes halogenated alkanes) is 4. The van der Waals surface area contributed by atoms with Gasteiger partial charge in [0.15, 0.2) is 5.11 Å². The summed E-state index contributed by atoms with van der Waals surface area (Å²) in [4.78, 5) is 23.4. The van der Waals surface area contributed by atoms with Crippen LogP contribution in [0.4, 0.5) is 11.4 Å². The highest BCUT2D eigenvalue weighted by molar-refractivity contribution is 7.80. The fourth-order valence-corrected chi connectivity index (χ4v) is 3.06. The zero-order chi connectivity index (χ0) is 21.9. The molecule has 0 bridgehead atoms. The molecular weight excluding hydrogens is 455 g/mol. The minimum Gasteiger partial charge on any atom is -0.339 e. The highest BCUT2D eigenvalue weighted by Gasteiger charge is 2.34. The predicted octanol–water partition coefficient (Wildman–Crippen LogP) is 5.10. The monoisotopic (exact) mass is 480 g/mol. The Balaban J connectivity index is 2.61. The Morgan fingerprint density at radius 3 is 2.24 bits per heavy atom. The zero-order valence-corrected chi connectivity index (χ0v) is 19.6. The molecule has 10 heteroatoms. The molecule has 1 unspecified atom stereocenters. The molecule has 0 fully saturated rings. The van der Waals surface area contributed by atoms with E-state index in [9.17, 15) is 9.59 Å². The fraction of sp³-hybridized carbons (Fsp3) is 0.526. The van der Waals surface area contributed by atoms with Crippen molar-refractivity contribution in [1.29, 1.82) is 0 Å². The highest BCUT2D eigenvalue weighted by Crippen LogP contribution is 2.29. The Morgan fingerprint density at radius 1 is 1.03 bits per heavy atom. The van der Waals surface area contributed by atoms with Crippen molar-refractivity contribution in [2.24, 2.45) is 0 Å². The number of hydrogen-bond donors (Lipinski definition) is 4. The van der Waals surface area contributed by atoms with Crippen molar-refractivity contribution in [3.63, 3.8) is 0 Å². The molecule has 0 saturated heterocycles. The van der Waals surface area contributed by atoms with E-state index in [0.717, 1.165) is 32.1 Å². The molecule has 1 rings (SSSR count).